The van der Waals surface area contributed by atoms with Gasteiger partial charge in [-0.3, -0.25) is 0 Å². The van der Waals surface area contributed by atoms with Crippen molar-refractivity contribution in [2.75, 3.05) is 14.1 Å². The van der Waals surface area contributed by atoms with E-state index in [9.17, 15) is 18.0 Å². The molecule has 1 aliphatic carbocycles. The molecule has 1 saturated carbocycles. The number of nitrogens with zero attached hydrogens (tertiary/aromatic N) is 1. The van der Waals surface area contributed by atoms with E-state index < -0.39 is 23.8 Å². The van der Waals surface area contributed by atoms with Crippen molar-refractivity contribution in [3.63, 3.8) is 0 Å². The lowest BCUT2D eigenvalue weighted by molar-refractivity contribution is -0.187. The number of halogens is 3. The highest BCUT2D eigenvalue weighted by Crippen LogP contribution is 2.38. The molecule has 4 nitrogen and oxygen atoms in total. The number of hydrogen-bond donors (Lipinski definition) is 1. The molecule has 0 spiro atoms. The molecule has 1 aliphatic rings. The third-order valence-corrected chi connectivity index (χ3v) is 3.64. The monoisotopic (exact) mass is 310 g/mol. The Morgan fingerprint density at radius 1 is 1.19 bits per heavy atom. The highest BCUT2D eigenvalue weighted by atomic mass is 19.4. The van der Waals surface area contributed by atoms with Crippen LogP contribution < -0.4 is 5.32 Å². The van der Waals surface area contributed by atoms with E-state index in [1.807, 2.05) is 0 Å². The first-order valence-corrected chi connectivity index (χ1v) is 7.13. The number of alkyl carbamates (subject to hydrolysis) is 1. The molecule has 1 fully saturated rings. The van der Waals surface area contributed by atoms with Crippen molar-refractivity contribution in [1.82, 2.24) is 10.2 Å². The molecule has 0 aromatic heterocycles. The van der Waals surface area contributed by atoms with Gasteiger partial charge >= 0.3 is 12.3 Å². The van der Waals surface area contributed by atoms with Crippen LogP contribution in [0.4, 0.5) is 18.0 Å². The summed E-state index contributed by atoms with van der Waals surface area (Å²) < 4.78 is 43.8. The van der Waals surface area contributed by atoms with Crippen LogP contribution in [-0.2, 0) is 4.74 Å². The number of hydrogen-bond acceptors (Lipinski definition) is 3. The molecular formula is C14H25F3N2O2. The van der Waals surface area contributed by atoms with E-state index >= 15 is 0 Å². The zero-order valence-corrected chi connectivity index (χ0v) is 13.3. The average molecular weight is 310 g/mol. The molecule has 1 unspecified atom stereocenters. The van der Waals surface area contributed by atoms with Crippen LogP contribution in [0.25, 0.3) is 0 Å². The molecule has 0 aliphatic heterocycles. The van der Waals surface area contributed by atoms with Crippen molar-refractivity contribution < 1.29 is 22.7 Å². The number of nitrogens with one attached hydrogen (secondary N) is 1. The molecule has 0 radical (unpaired) electrons. The second-order valence-electron chi connectivity index (χ2n) is 6.84. The van der Waals surface area contributed by atoms with E-state index in [2.05, 4.69) is 5.32 Å². The summed E-state index contributed by atoms with van der Waals surface area (Å²) >= 11 is 0. The molecule has 1 N–H and O–H groups in total. The summed E-state index contributed by atoms with van der Waals surface area (Å²) in [6.07, 6.45) is -4.42. The number of rotatable bonds is 2. The van der Waals surface area contributed by atoms with Gasteiger partial charge in [0.1, 0.15) is 5.60 Å². The van der Waals surface area contributed by atoms with Gasteiger partial charge in [-0.25, -0.2) is 4.79 Å². The number of carbonyl (C=O) groups is 1. The molecule has 3 atom stereocenters. The standard InChI is InChI=1S/C14H25F3N2O2/c1-13(2,3)21-12(20)18-10-7-6-9(14(15,16)17)8-11(10)19(4)5/h9-11H,6-8H2,1-5H3,(H,18,20)/t9?,10-,11-/m0/s1. The highest BCUT2D eigenvalue weighted by molar-refractivity contribution is 5.68. The number of amides is 1. The summed E-state index contributed by atoms with van der Waals surface area (Å²) in [7, 11) is 3.46. The van der Waals surface area contributed by atoms with Crippen molar-refractivity contribution in [2.45, 2.75) is 63.9 Å². The largest absolute Gasteiger partial charge is 0.444 e. The minimum atomic E-state index is -4.18. The first-order chi connectivity index (χ1) is 9.40. The zero-order valence-electron chi connectivity index (χ0n) is 13.3. The maximum atomic E-state index is 12.9. The third kappa shape index (κ3) is 5.73. The molecule has 0 aromatic rings. The first-order valence-electron chi connectivity index (χ1n) is 7.13. The lowest BCUT2D eigenvalue weighted by Crippen LogP contribution is -2.54. The van der Waals surface area contributed by atoms with Gasteiger partial charge in [0.15, 0.2) is 0 Å². The number of likely N-dealkylation sites (N-methyl/N-ethyl adjacent to an activating group) is 1. The van der Waals surface area contributed by atoms with Gasteiger partial charge in [0, 0.05) is 12.1 Å². The van der Waals surface area contributed by atoms with Crippen molar-refractivity contribution in [1.29, 1.82) is 0 Å². The lowest BCUT2D eigenvalue weighted by atomic mass is 9.81. The molecule has 0 heterocycles. The Kier molecular flexibility index (Phi) is 5.52. The van der Waals surface area contributed by atoms with Crippen LogP contribution in [0.3, 0.4) is 0 Å². The Morgan fingerprint density at radius 3 is 2.19 bits per heavy atom. The fraction of sp³-hybridized carbons (Fsp3) is 0.929. The maximum Gasteiger partial charge on any atom is 0.407 e. The van der Waals surface area contributed by atoms with Crippen LogP contribution in [0.5, 0.6) is 0 Å². The number of carbonyl (C=O) groups excluding carboxylic acids is 1. The maximum absolute atomic E-state index is 12.9. The SMILES string of the molecule is CN(C)[C@H]1CC(C(F)(F)F)CC[C@@H]1NC(=O)OC(C)(C)C. The Hall–Kier alpha value is -0.980. The summed E-state index contributed by atoms with van der Waals surface area (Å²) in [5, 5.41) is 2.71. The topological polar surface area (TPSA) is 41.6 Å². The molecule has 1 rings (SSSR count). The highest BCUT2D eigenvalue weighted by Gasteiger charge is 2.45. The van der Waals surface area contributed by atoms with E-state index in [1.54, 1.807) is 39.8 Å². The van der Waals surface area contributed by atoms with Gasteiger partial charge in [0.25, 0.3) is 0 Å². The van der Waals surface area contributed by atoms with Gasteiger partial charge < -0.3 is 15.0 Å². The van der Waals surface area contributed by atoms with Crippen LogP contribution in [-0.4, -0.2) is 48.9 Å². The van der Waals surface area contributed by atoms with Crippen molar-refractivity contribution in [3.05, 3.63) is 0 Å². The van der Waals surface area contributed by atoms with Crippen LogP contribution >= 0.6 is 0 Å². The van der Waals surface area contributed by atoms with Crippen molar-refractivity contribution >= 4 is 6.09 Å². The predicted molar refractivity (Wildman–Crippen MR) is 74.0 cm³/mol. The second-order valence-corrected chi connectivity index (χ2v) is 6.84. The molecule has 21 heavy (non-hydrogen) atoms. The van der Waals surface area contributed by atoms with Gasteiger partial charge in [0.05, 0.1) is 5.92 Å². The Morgan fingerprint density at radius 2 is 1.76 bits per heavy atom. The third-order valence-electron chi connectivity index (χ3n) is 3.64. The molecule has 0 bridgehead atoms. The van der Waals surface area contributed by atoms with Gasteiger partial charge in [-0.2, -0.15) is 13.2 Å². The number of alkyl halides is 3. The van der Waals surface area contributed by atoms with Crippen molar-refractivity contribution in [2.24, 2.45) is 5.92 Å². The van der Waals surface area contributed by atoms with E-state index in [0.29, 0.717) is 6.42 Å². The quantitative estimate of drug-likeness (QED) is 0.852. The van der Waals surface area contributed by atoms with Crippen LogP contribution in [0.15, 0.2) is 0 Å². The van der Waals surface area contributed by atoms with Crippen LogP contribution in [0.1, 0.15) is 40.0 Å². The van der Waals surface area contributed by atoms with Crippen LogP contribution in [0.2, 0.25) is 0 Å². The molecule has 124 valence electrons. The fourth-order valence-electron chi connectivity index (χ4n) is 2.64. The normalized spacial score (nSPS) is 27.6. The Labute approximate surface area is 124 Å². The minimum Gasteiger partial charge on any atom is -0.444 e. The van der Waals surface area contributed by atoms with Gasteiger partial charge in [0.2, 0.25) is 0 Å². The summed E-state index contributed by atoms with van der Waals surface area (Å²) in [5.74, 6) is -1.30. The van der Waals surface area contributed by atoms with E-state index in [0.717, 1.165) is 0 Å². The molecule has 0 aromatic carbocycles. The molecule has 7 heteroatoms. The van der Waals surface area contributed by atoms with E-state index in [-0.39, 0.29) is 24.9 Å². The molecule has 0 saturated heterocycles. The second kappa shape index (κ2) is 6.42. The van der Waals surface area contributed by atoms with E-state index in [1.165, 1.54) is 0 Å². The van der Waals surface area contributed by atoms with Crippen molar-refractivity contribution in [3.8, 4) is 0 Å². The van der Waals surface area contributed by atoms with Gasteiger partial charge in [-0.1, -0.05) is 0 Å². The number of ether oxygens (including phenoxy) is 1. The summed E-state index contributed by atoms with van der Waals surface area (Å²) in [6.45, 7) is 5.24. The minimum absolute atomic E-state index is 0.00301. The summed E-state index contributed by atoms with van der Waals surface area (Å²) in [4.78, 5) is 13.5. The van der Waals surface area contributed by atoms with E-state index in [4.69, 9.17) is 4.74 Å². The Balaban J connectivity index is 2.68. The average Bonchev–Trinajstić information content (AvgIpc) is 2.24. The lowest BCUT2D eigenvalue weighted by Gasteiger charge is -2.40. The van der Waals surface area contributed by atoms with Gasteiger partial charge in [-0.05, 0) is 54.1 Å². The first kappa shape index (κ1) is 18.1. The zero-order chi connectivity index (χ0) is 16.4. The Bertz CT molecular complexity index is 364. The summed E-state index contributed by atoms with van der Waals surface area (Å²) in [6, 6.07) is -0.675. The predicted octanol–water partition coefficient (Wildman–Crippen LogP) is 3.17. The molecular weight excluding hydrogens is 285 g/mol. The smallest absolute Gasteiger partial charge is 0.407 e. The molecule has 1 amide bonds. The summed E-state index contributed by atoms with van der Waals surface area (Å²) in [5.41, 5.74) is -0.624. The fourth-order valence-corrected chi connectivity index (χ4v) is 2.64. The van der Waals surface area contributed by atoms with Crippen LogP contribution in [0, 0.1) is 5.92 Å². The van der Waals surface area contributed by atoms with Gasteiger partial charge in [-0.15, -0.1) is 0 Å².